The monoisotopic (exact) mass is 477 g/mol. The Morgan fingerprint density at radius 1 is 1.16 bits per heavy atom. The highest BCUT2D eigenvalue weighted by molar-refractivity contribution is 7.92. The number of nitrogens with zero attached hydrogens (tertiary/aromatic N) is 2. The molecule has 1 heterocycles. The minimum absolute atomic E-state index is 0.0433. The van der Waals surface area contributed by atoms with Gasteiger partial charge in [-0.3, -0.25) is 9.10 Å². The zero-order chi connectivity index (χ0) is 22.4. The Labute approximate surface area is 191 Å². The molecule has 0 aliphatic carbocycles. The van der Waals surface area contributed by atoms with Gasteiger partial charge in [0.15, 0.2) is 0 Å². The third-order valence-corrected chi connectivity index (χ3v) is 7.74. The Balaban J connectivity index is 1.60. The molecule has 164 valence electrons. The summed E-state index contributed by atoms with van der Waals surface area (Å²) in [6.07, 6.45) is 2.63. The first-order valence-corrected chi connectivity index (χ1v) is 12.5. The number of unbranched alkanes of at least 4 members (excludes halogenated alkanes) is 1. The summed E-state index contributed by atoms with van der Waals surface area (Å²) in [5.74, 6) is -0.299. The Hall–Kier alpha value is -2.42. The van der Waals surface area contributed by atoms with Crippen molar-refractivity contribution in [3.63, 3.8) is 0 Å². The van der Waals surface area contributed by atoms with Gasteiger partial charge >= 0.3 is 0 Å². The van der Waals surface area contributed by atoms with Crippen molar-refractivity contribution in [3.8, 4) is 0 Å². The number of carbonyl (C=O) groups is 1. The average Bonchev–Trinajstić information content (AvgIpc) is 3.17. The Bertz CT molecular complexity index is 1160. The van der Waals surface area contributed by atoms with Crippen LogP contribution in [0.4, 0.5) is 5.69 Å². The topological polar surface area (TPSA) is 79.4 Å². The standard InChI is InChI=1S/C22H24ClN3O3S2/c1-16-15-30-21(25-16)11-3-4-12-24-22(27)17-7-5-10-20(13-17)31(28,29)26(2)19-9-6-8-18(23)14-19/h5-10,13-15H,3-4,11-12H2,1-2H3,(H,24,27). The van der Waals surface area contributed by atoms with Crippen molar-refractivity contribution in [2.45, 2.75) is 31.1 Å². The highest BCUT2D eigenvalue weighted by atomic mass is 35.5. The number of aromatic nitrogens is 1. The number of sulfonamides is 1. The summed E-state index contributed by atoms with van der Waals surface area (Å²) in [4.78, 5) is 17.0. The van der Waals surface area contributed by atoms with Crippen LogP contribution in [0.1, 0.15) is 33.9 Å². The molecule has 0 aliphatic rings. The molecule has 0 saturated carbocycles. The fourth-order valence-electron chi connectivity index (χ4n) is 2.99. The summed E-state index contributed by atoms with van der Waals surface area (Å²) >= 11 is 7.63. The highest BCUT2D eigenvalue weighted by Gasteiger charge is 2.22. The van der Waals surface area contributed by atoms with Gasteiger partial charge in [0, 0.05) is 35.3 Å². The van der Waals surface area contributed by atoms with Crippen molar-refractivity contribution >= 4 is 44.6 Å². The van der Waals surface area contributed by atoms with Crippen LogP contribution in [0.3, 0.4) is 0 Å². The average molecular weight is 478 g/mol. The minimum atomic E-state index is -3.83. The SMILES string of the molecule is Cc1csc(CCCCNC(=O)c2cccc(S(=O)(=O)N(C)c3cccc(Cl)c3)c2)n1. The lowest BCUT2D eigenvalue weighted by Crippen LogP contribution is -2.28. The summed E-state index contributed by atoms with van der Waals surface area (Å²) in [7, 11) is -2.38. The van der Waals surface area contributed by atoms with E-state index in [2.05, 4.69) is 10.3 Å². The number of aryl methyl sites for hydroxylation is 2. The van der Waals surface area contributed by atoms with Crippen molar-refractivity contribution in [3.05, 3.63) is 75.2 Å². The number of benzene rings is 2. The number of nitrogens with one attached hydrogen (secondary N) is 1. The molecule has 1 aromatic heterocycles. The second-order valence-electron chi connectivity index (χ2n) is 7.08. The van der Waals surface area contributed by atoms with Crippen LogP contribution in [-0.4, -0.2) is 32.9 Å². The number of amides is 1. The van der Waals surface area contributed by atoms with E-state index in [1.54, 1.807) is 47.7 Å². The number of rotatable bonds is 9. The van der Waals surface area contributed by atoms with E-state index in [1.807, 2.05) is 12.3 Å². The van der Waals surface area contributed by atoms with Crippen LogP contribution < -0.4 is 9.62 Å². The molecule has 0 radical (unpaired) electrons. The largest absolute Gasteiger partial charge is 0.352 e. The second-order valence-corrected chi connectivity index (χ2v) is 10.4. The van der Waals surface area contributed by atoms with E-state index in [9.17, 15) is 13.2 Å². The van der Waals surface area contributed by atoms with Gasteiger partial charge in [-0.05, 0) is 62.6 Å². The van der Waals surface area contributed by atoms with Crippen LogP contribution in [0.15, 0.2) is 58.8 Å². The molecule has 3 rings (SSSR count). The molecule has 9 heteroatoms. The zero-order valence-corrected chi connectivity index (χ0v) is 19.7. The maximum Gasteiger partial charge on any atom is 0.264 e. The number of halogens is 1. The van der Waals surface area contributed by atoms with Crippen LogP contribution in [0, 0.1) is 6.92 Å². The van der Waals surface area contributed by atoms with Crippen molar-refractivity contribution in [1.29, 1.82) is 0 Å². The molecular weight excluding hydrogens is 454 g/mol. The maximum absolute atomic E-state index is 13.0. The summed E-state index contributed by atoms with van der Waals surface area (Å²) in [6.45, 7) is 2.49. The molecule has 1 N–H and O–H groups in total. The second kappa shape index (κ2) is 10.3. The van der Waals surface area contributed by atoms with Crippen LogP contribution >= 0.6 is 22.9 Å². The van der Waals surface area contributed by atoms with Crippen molar-refractivity contribution in [2.24, 2.45) is 0 Å². The normalized spacial score (nSPS) is 11.3. The summed E-state index contributed by atoms with van der Waals surface area (Å²) in [5.41, 5.74) is 1.78. The summed E-state index contributed by atoms with van der Waals surface area (Å²) in [5, 5.41) is 6.43. The molecule has 2 aromatic carbocycles. The van der Waals surface area contributed by atoms with Gasteiger partial charge in [0.1, 0.15) is 0 Å². The first-order valence-electron chi connectivity index (χ1n) is 9.81. The number of carbonyl (C=O) groups excluding carboxylic acids is 1. The Kier molecular flexibility index (Phi) is 7.69. The Morgan fingerprint density at radius 2 is 1.94 bits per heavy atom. The predicted molar refractivity (Wildman–Crippen MR) is 126 cm³/mol. The smallest absolute Gasteiger partial charge is 0.264 e. The third-order valence-electron chi connectivity index (χ3n) is 4.70. The summed E-state index contributed by atoms with van der Waals surface area (Å²) in [6, 6.07) is 12.6. The van der Waals surface area contributed by atoms with E-state index >= 15 is 0 Å². The number of hydrogen-bond acceptors (Lipinski definition) is 5. The molecule has 0 atom stereocenters. The minimum Gasteiger partial charge on any atom is -0.352 e. The van der Waals surface area contributed by atoms with Crippen LogP contribution in [0.25, 0.3) is 0 Å². The highest BCUT2D eigenvalue weighted by Crippen LogP contribution is 2.25. The molecule has 6 nitrogen and oxygen atoms in total. The van der Waals surface area contributed by atoms with Crippen LogP contribution in [-0.2, 0) is 16.4 Å². The first-order chi connectivity index (χ1) is 14.8. The molecule has 0 fully saturated rings. The van der Waals surface area contributed by atoms with Crippen molar-refractivity contribution in [2.75, 3.05) is 17.9 Å². The van der Waals surface area contributed by atoms with E-state index in [1.165, 1.54) is 19.2 Å². The van der Waals surface area contributed by atoms with Crippen molar-refractivity contribution < 1.29 is 13.2 Å². The molecule has 1 amide bonds. The molecule has 31 heavy (non-hydrogen) atoms. The predicted octanol–water partition coefficient (Wildman–Crippen LogP) is 4.68. The fraction of sp³-hybridized carbons (Fsp3) is 0.273. The molecule has 0 bridgehead atoms. The lowest BCUT2D eigenvalue weighted by atomic mass is 10.2. The van der Waals surface area contributed by atoms with Crippen LogP contribution in [0.2, 0.25) is 5.02 Å². The van der Waals surface area contributed by atoms with Gasteiger partial charge in [-0.1, -0.05) is 23.7 Å². The molecule has 0 aliphatic heterocycles. The van der Waals surface area contributed by atoms with Gasteiger partial charge in [-0.15, -0.1) is 11.3 Å². The fourth-order valence-corrected chi connectivity index (χ4v) is 5.23. The summed E-state index contributed by atoms with van der Waals surface area (Å²) < 4.78 is 27.2. The van der Waals surface area contributed by atoms with Crippen molar-refractivity contribution in [1.82, 2.24) is 10.3 Å². The molecule has 0 saturated heterocycles. The number of thiazole rings is 1. The molecule has 3 aromatic rings. The van der Waals surface area contributed by atoms with Gasteiger partial charge < -0.3 is 5.32 Å². The van der Waals surface area contributed by atoms with E-state index in [0.29, 0.717) is 22.8 Å². The van der Waals surface area contributed by atoms with Gasteiger partial charge in [-0.25, -0.2) is 13.4 Å². The first kappa shape index (κ1) is 23.2. The van der Waals surface area contributed by atoms with Gasteiger partial charge in [0.2, 0.25) is 0 Å². The lowest BCUT2D eigenvalue weighted by Gasteiger charge is -2.20. The zero-order valence-electron chi connectivity index (χ0n) is 17.3. The Morgan fingerprint density at radius 3 is 2.65 bits per heavy atom. The van der Waals surface area contributed by atoms with Gasteiger partial charge in [0.25, 0.3) is 15.9 Å². The number of hydrogen-bond donors (Lipinski definition) is 1. The van der Waals surface area contributed by atoms with E-state index in [0.717, 1.165) is 34.3 Å². The van der Waals surface area contributed by atoms with Crippen LogP contribution in [0.5, 0.6) is 0 Å². The van der Waals surface area contributed by atoms with E-state index in [-0.39, 0.29) is 10.8 Å². The lowest BCUT2D eigenvalue weighted by molar-refractivity contribution is 0.0953. The molecular formula is C22H24ClN3O3S2. The quantitative estimate of drug-likeness (QED) is 0.454. The molecule has 0 spiro atoms. The van der Waals surface area contributed by atoms with Gasteiger partial charge in [0.05, 0.1) is 15.6 Å². The molecule has 0 unspecified atom stereocenters. The van der Waals surface area contributed by atoms with E-state index in [4.69, 9.17) is 11.6 Å². The van der Waals surface area contributed by atoms with Gasteiger partial charge in [-0.2, -0.15) is 0 Å². The third kappa shape index (κ3) is 6.06. The van der Waals surface area contributed by atoms with E-state index < -0.39 is 10.0 Å². The maximum atomic E-state index is 13.0. The number of anilines is 1.